The Morgan fingerprint density at radius 3 is 1.63 bits per heavy atom. The number of fused-ring (bicyclic) bond motifs is 4. The molecule has 0 radical (unpaired) electrons. The molecule has 9 aromatic rings. The third-order valence-corrected chi connectivity index (χ3v) is 11.1. The molecule has 54 heavy (non-hydrogen) atoms. The second kappa shape index (κ2) is 13.2. The van der Waals surface area contributed by atoms with Crippen molar-refractivity contribution in [3.8, 4) is 33.4 Å². The molecule has 0 saturated carbocycles. The number of benzene rings is 9. The lowest BCUT2D eigenvalue weighted by atomic mass is 9.68. The topological polar surface area (TPSA) is 3.24 Å². The van der Waals surface area contributed by atoms with Gasteiger partial charge in [-0.3, -0.25) is 0 Å². The molecule has 0 atom stereocenters. The molecule has 1 heteroatoms. The van der Waals surface area contributed by atoms with Crippen LogP contribution in [0.4, 0.5) is 17.1 Å². The second-order valence-corrected chi connectivity index (χ2v) is 14.0. The zero-order chi connectivity index (χ0) is 35.9. The average molecular weight is 688 g/mol. The predicted octanol–water partition coefficient (Wildman–Crippen LogP) is 14.0. The minimum atomic E-state index is -0.500. The molecule has 9 aromatic carbocycles. The minimum absolute atomic E-state index is 0.500. The molecule has 0 amide bonds. The molecule has 10 rings (SSSR count). The van der Waals surface area contributed by atoms with Gasteiger partial charge in [0.15, 0.2) is 0 Å². The first-order valence-electron chi connectivity index (χ1n) is 18.7. The van der Waals surface area contributed by atoms with E-state index in [0.29, 0.717) is 0 Å². The first-order valence-corrected chi connectivity index (χ1v) is 18.7. The fraction of sp³-hybridized carbons (Fsp3) is 0.0189. The molecule has 1 aliphatic rings. The van der Waals surface area contributed by atoms with Crippen molar-refractivity contribution in [3.05, 3.63) is 247 Å². The van der Waals surface area contributed by atoms with Gasteiger partial charge in [0.1, 0.15) is 0 Å². The molecular formula is C53H37N. The molecule has 0 unspecified atom stereocenters. The van der Waals surface area contributed by atoms with Crippen LogP contribution in [0.5, 0.6) is 0 Å². The van der Waals surface area contributed by atoms with Crippen molar-refractivity contribution in [3.63, 3.8) is 0 Å². The van der Waals surface area contributed by atoms with E-state index in [1.54, 1.807) is 0 Å². The van der Waals surface area contributed by atoms with Gasteiger partial charge in [0.2, 0.25) is 0 Å². The van der Waals surface area contributed by atoms with E-state index in [4.69, 9.17) is 0 Å². The fourth-order valence-electron chi connectivity index (χ4n) is 8.87. The second-order valence-electron chi connectivity index (χ2n) is 14.0. The van der Waals surface area contributed by atoms with E-state index in [2.05, 4.69) is 229 Å². The average Bonchev–Trinajstić information content (AvgIpc) is 3.56. The van der Waals surface area contributed by atoms with Crippen molar-refractivity contribution in [1.82, 2.24) is 0 Å². The lowest BCUT2D eigenvalue weighted by Gasteiger charge is -2.34. The number of para-hydroxylation sites is 1. The van der Waals surface area contributed by atoms with Gasteiger partial charge in [-0.1, -0.05) is 200 Å². The van der Waals surface area contributed by atoms with Gasteiger partial charge in [-0.2, -0.15) is 0 Å². The third kappa shape index (κ3) is 5.01. The largest absolute Gasteiger partial charge is 0.309 e. The van der Waals surface area contributed by atoms with Crippen LogP contribution in [0.3, 0.4) is 0 Å². The lowest BCUT2D eigenvalue weighted by molar-refractivity contribution is 0.768. The Morgan fingerprint density at radius 2 is 0.889 bits per heavy atom. The van der Waals surface area contributed by atoms with Crippen molar-refractivity contribution in [2.45, 2.75) is 5.41 Å². The zero-order valence-electron chi connectivity index (χ0n) is 29.8. The Hall–Kier alpha value is -6.96. The van der Waals surface area contributed by atoms with Gasteiger partial charge in [0.05, 0.1) is 16.8 Å². The van der Waals surface area contributed by atoms with Crippen LogP contribution < -0.4 is 4.90 Å². The summed E-state index contributed by atoms with van der Waals surface area (Å²) >= 11 is 0. The molecule has 0 aromatic heterocycles. The molecule has 0 N–H and O–H groups in total. The van der Waals surface area contributed by atoms with E-state index in [-0.39, 0.29) is 0 Å². The van der Waals surface area contributed by atoms with Crippen LogP contribution in [0.25, 0.3) is 44.2 Å². The van der Waals surface area contributed by atoms with E-state index in [1.165, 1.54) is 66.4 Å². The maximum atomic E-state index is 2.50. The molecule has 0 aliphatic heterocycles. The standard InChI is InChI=1S/C53H37N/c1-5-19-39(20-6-1)46-36-35-40(45-31-17-22-38-21-13-14-29-44(38)45)37-51(46)54(43-27-11-4-12-28-43)50-34-18-33-49-52(50)47-30-15-16-32-48(47)53(49,41-23-7-2-8-24-41)42-25-9-3-10-26-42/h1-37H. The van der Waals surface area contributed by atoms with Crippen LogP contribution in [-0.4, -0.2) is 0 Å². The molecule has 1 aliphatic carbocycles. The first kappa shape index (κ1) is 31.7. The Labute approximate surface area is 317 Å². The molecule has 0 saturated heterocycles. The van der Waals surface area contributed by atoms with Crippen molar-refractivity contribution in [2.24, 2.45) is 0 Å². The van der Waals surface area contributed by atoms with E-state index in [9.17, 15) is 0 Å². The highest BCUT2D eigenvalue weighted by atomic mass is 15.1. The number of nitrogens with zero attached hydrogens (tertiary/aromatic N) is 1. The van der Waals surface area contributed by atoms with Gasteiger partial charge in [0, 0.05) is 16.8 Å². The van der Waals surface area contributed by atoms with Crippen molar-refractivity contribution in [2.75, 3.05) is 4.90 Å². The highest BCUT2D eigenvalue weighted by molar-refractivity contribution is 6.02. The Kier molecular flexibility index (Phi) is 7.78. The summed E-state index contributed by atoms with van der Waals surface area (Å²) in [5, 5.41) is 2.48. The Morgan fingerprint density at radius 1 is 0.333 bits per heavy atom. The van der Waals surface area contributed by atoms with Gasteiger partial charge in [-0.15, -0.1) is 0 Å². The summed E-state index contributed by atoms with van der Waals surface area (Å²) in [6.45, 7) is 0. The number of rotatable bonds is 7. The quantitative estimate of drug-likeness (QED) is 0.161. The minimum Gasteiger partial charge on any atom is -0.309 e. The normalized spacial score (nSPS) is 12.6. The van der Waals surface area contributed by atoms with E-state index in [0.717, 1.165) is 17.1 Å². The molecule has 1 nitrogen and oxygen atoms in total. The smallest absolute Gasteiger partial charge is 0.0714 e. The monoisotopic (exact) mass is 687 g/mol. The molecule has 254 valence electrons. The SMILES string of the molecule is c1ccc(-c2ccc(-c3cccc4ccccc34)cc2N(c2ccccc2)c2cccc3c2-c2ccccc2C3(c2ccccc2)c2ccccc2)cc1. The lowest BCUT2D eigenvalue weighted by Crippen LogP contribution is -2.28. The summed E-state index contributed by atoms with van der Waals surface area (Å²) in [7, 11) is 0. The molecule has 0 fully saturated rings. The van der Waals surface area contributed by atoms with Crippen molar-refractivity contribution in [1.29, 1.82) is 0 Å². The highest BCUT2D eigenvalue weighted by Gasteiger charge is 2.47. The van der Waals surface area contributed by atoms with Crippen LogP contribution in [0.2, 0.25) is 0 Å². The maximum absolute atomic E-state index is 2.50. The molecule has 0 spiro atoms. The van der Waals surface area contributed by atoms with Gasteiger partial charge >= 0.3 is 0 Å². The number of hydrogen-bond donors (Lipinski definition) is 0. The van der Waals surface area contributed by atoms with Gasteiger partial charge in [-0.05, 0) is 79.5 Å². The zero-order valence-corrected chi connectivity index (χ0v) is 29.8. The fourth-order valence-corrected chi connectivity index (χ4v) is 8.87. The Balaban J connectivity index is 1.31. The van der Waals surface area contributed by atoms with Crippen LogP contribution in [0, 0.1) is 0 Å². The van der Waals surface area contributed by atoms with Crippen LogP contribution in [0.15, 0.2) is 224 Å². The van der Waals surface area contributed by atoms with Gasteiger partial charge in [-0.25, -0.2) is 0 Å². The van der Waals surface area contributed by atoms with Gasteiger partial charge in [0.25, 0.3) is 0 Å². The van der Waals surface area contributed by atoms with Crippen molar-refractivity contribution < 1.29 is 0 Å². The molecule has 0 bridgehead atoms. The van der Waals surface area contributed by atoms with Crippen molar-refractivity contribution >= 4 is 27.8 Å². The predicted molar refractivity (Wildman–Crippen MR) is 227 cm³/mol. The highest BCUT2D eigenvalue weighted by Crippen LogP contribution is 2.60. The summed E-state index contributed by atoms with van der Waals surface area (Å²) in [5.74, 6) is 0. The van der Waals surface area contributed by atoms with Gasteiger partial charge < -0.3 is 4.90 Å². The summed E-state index contributed by atoms with van der Waals surface area (Å²) < 4.78 is 0. The summed E-state index contributed by atoms with van der Waals surface area (Å²) in [6, 6.07) is 82.1. The molecule has 0 heterocycles. The number of anilines is 3. The summed E-state index contributed by atoms with van der Waals surface area (Å²) in [5.41, 5.74) is 15.2. The third-order valence-electron chi connectivity index (χ3n) is 11.1. The maximum Gasteiger partial charge on any atom is 0.0714 e. The van der Waals surface area contributed by atoms with Crippen LogP contribution >= 0.6 is 0 Å². The van der Waals surface area contributed by atoms with E-state index < -0.39 is 5.41 Å². The van der Waals surface area contributed by atoms with E-state index in [1.807, 2.05) is 0 Å². The summed E-state index contributed by atoms with van der Waals surface area (Å²) in [6.07, 6.45) is 0. The number of hydrogen-bond acceptors (Lipinski definition) is 1. The van der Waals surface area contributed by atoms with E-state index >= 15 is 0 Å². The van der Waals surface area contributed by atoms with Crippen LogP contribution in [-0.2, 0) is 5.41 Å². The first-order chi connectivity index (χ1) is 26.8. The summed E-state index contributed by atoms with van der Waals surface area (Å²) in [4.78, 5) is 2.50. The molecular weight excluding hydrogens is 651 g/mol. The van der Waals surface area contributed by atoms with Crippen LogP contribution in [0.1, 0.15) is 22.3 Å². The Bertz CT molecular complexity index is 2710.